The van der Waals surface area contributed by atoms with E-state index < -0.39 is 0 Å². The summed E-state index contributed by atoms with van der Waals surface area (Å²) < 4.78 is 5.80. The summed E-state index contributed by atoms with van der Waals surface area (Å²) in [5.41, 5.74) is 3.62. The summed E-state index contributed by atoms with van der Waals surface area (Å²) in [6.45, 7) is 7.79. The van der Waals surface area contributed by atoms with Gasteiger partial charge in [0.15, 0.2) is 5.69 Å². The summed E-state index contributed by atoms with van der Waals surface area (Å²) in [6, 6.07) is 22.9. The first kappa shape index (κ1) is 21.5. The Morgan fingerprint density at radius 2 is 1.69 bits per heavy atom. The molecule has 2 N–H and O–H groups in total. The van der Waals surface area contributed by atoms with Crippen LogP contribution in [0.3, 0.4) is 0 Å². The van der Waals surface area contributed by atoms with Crippen LogP contribution in [0.2, 0.25) is 0 Å². The molecule has 0 aliphatic heterocycles. The number of anilines is 2. The molecule has 0 bridgehead atoms. The van der Waals surface area contributed by atoms with Crippen LogP contribution in [0.1, 0.15) is 48.0 Å². The van der Waals surface area contributed by atoms with Crippen molar-refractivity contribution >= 4 is 23.0 Å². The van der Waals surface area contributed by atoms with Crippen molar-refractivity contribution in [1.82, 2.24) is 0 Å². The molecule has 0 heterocycles. The lowest BCUT2D eigenvalue weighted by Crippen LogP contribution is -2.23. The van der Waals surface area contributed by atoms with Crippen LogP contribution in [0, 0.1) is 6.57 Å². The highest BCUT2D eigenvalue weighted by molar-refractivity contribution is 6.06. The van der Waals surface area contributed by atoms with Gasteiger partial charge in [-0.2, -0.15) is 0 Å². The number of amides is 1. The second-order valence-corrected chi connectivity index (χ2v) is 8.07. The highest BCUT2D eigenvalue weighted by atomic mass is 16.5. The van der Waals surface area contributed by atoms with Gasteiger partial charge in [-0.3, -0.25) is 4.79 Å². The van der Waals surface area contributed by atoms with E-state index in [2.05, 4.69) is 15.5 Å². The van der Waals surface area contributed by atoms with E-state index in [-0.39, 0.29) is 5.91 Å². The van der Waals surface area contributed by atoms with Crippen molar-refractivity contribution in [3.63, 3.8) is 0 Å². The SMILES string of the molecule is [C-]#[N+]c1ccc(NC2CCCCC2)c(NC(=O)c2ccc(OCc3ccccc3)cc2)c1. The summed E-state index contributed by atoms with van der Waals surface area (Å²) in [4.78, 5) is 16.4. The lowest BCUT2D eigenvalue weighted by Gasteiger charge is -2.25. The van der Waals surface area contributed by atoms with Gasteiger partial charge in [-0.15, -0.1) is 0 Å². The van der Waals surface area contributed by atoms with Gasteiger partial charge in [0.05, 0.1) is 17.9 Å². The standard InChI is InChI=1S/C27H27N3O2/c1-28-23-14-17-25(29-22-10-6-3-7-11-22)26(18-23)30-27(31)21-12-15-24(16-13-21)32-19-20-8-4-2-5-9-20/h2,4-5,8-9,12-18,22,29H,3,6-7,10-11,19H2,(H,30,31). The lowest BCUT2D eigenvalue weighted by molar-refractivity contribution is 0.102. The van der Waals surface area contributed by atoms with Crippen molar-refractivity contribution in [2.75, 3.05) is 10.6 Å². The molecule has 0 radical (unpaired) electrons. The van der Waals surface area contributed by atoms with E-state index in [1.807, 2.05) is 36.4 Å². The Balaban J connectivity index is 1.42. The van der Waals surface area contributed by atoms with E-state index in [1.54, 1.807) is 36.4 Å². The highest BCUT2D eigenvalue weighted by Gasteiger charge is 2.16. The molecule has 3 aromatic rings. The van der Waals surface area contributed by atoms with Crippen LogP contribution in [-0.4, -0.2) is 11.9 Å². The number of carbonyl (C=O) groups is 1. The first-order valence-electron chi connectivity index (χ1n) is 11.1. The first-order chi connectivity index (χ1) is 15.7. The molecular formula is C27H27N3O2. The quantitative estimate of drug-likeness (QED) is 0.409. The molecule has 1 amide bonds. The summed E-state index contributed by atoms with van der Waals surface area (Å²) in [5.74, 6) is 0.494. The molecule has 162 valence electrons. The molecule has 0 atom stereocenters. The summed E-state index contributed by atoms with van der Waals surface area (Å²) in [6.07, 6.45) is 5.98. The Labute approximate surface area is 189 Å². The number of hydrogen-bond donors (Lipinski definition) is 2. The van der Waals surface area contributed by atoms with E-state index in [0.717, 1.165) is 24.1 Å². The fourth-order valence-corrected chi connectivity index (χ4v) is 3.94. The maximum absolute atomic E-state index is 12.9. The summed E-state index contributed by atoms with van der Waals surface area (Å²) >= 11 is 0. The van der Waals surface area contributed by atoms with Gasteiger partial charge < -0.3 is 15.4 Å². The van der Waals surface area contributed by atoms with Crippen LogP contribution >= 0.6 is 0 Å². The van der Waals surface area contributed by atoms with Crippen molar-refractivity contribution in [3.8, 4) is 5.75 Å². The molecule has 5 nitrogen and oxygen atoms in total. The molecule has 1 saturated carbocycles. The average Bonchev–Trinajstić information content (AvgIpc) is 2.85. The molecule has 4 rings (SSSR count). The van der Waals surface area contributed by atoms with Crippen LogP contribution < -0.4 is 15.4 Å². The van der Waals surface area contributed by atoms with Gasteiger partial charge in [-0.05, 0) is 54.8 Å². The number of nitrogens with zero attached hydrogens (tertiary/aromatic N) is 1. The fourth-order valence-electron chi connectivity index (χ4n) is 3.94. The number of rotatable bonds is 7. The minimum absolute atomic E-state index is 0.214. The van der Waals surface area contributed by atoms with Gasteiger partial charge in [0.25, 0.3) is 5.91 Å². The summed E-state index contributed by atoms with van der Waals surface area (Å²) in [5, 5.41) is 6.54. The van der Waals surface area contributed by atoms with E-state index in [9.17, 15) is 4.79 Å². The maximum Gasteiger partial charge on any atom is 0.255 e. The Bertz CT molecular complexity index is 1080. The van der Waals surface area contributed by atoms with Crippen molar-refractivity contribution < 1.29 is 9.53 Å². The zero-order chi connectivity index (χ0) is 22.2. The number of benzene rings is 3. The zero-order valence-corrected chi connectivity index (χ0v) is 18.0. The molecule has 0 aromatic heterocycles. The third kappa shape index (κ3) is 5.67. The predicted octanol–water partition coefficient (Wildman–Crippen LogP) is 6.81. The number of ether oxygens (including phenoxy) is 1. The van der Waals surface area contributed by atoms with Crippen LogP contribution in [0.5, 0.6) is 5.75 Å². The molecule has 1 fully saturated rings. The lowest BCUT2D eigenvalue weighted by atomic mass is 9.95. The highest BCUT2D eigenvalue weighted by Crippen LogP contribution is 2.31. The smallest absolute Gasteiger partial charge is 0.255 e. The number of hydrogen-bond acceptors (Lipinski definition) is 3. The van der Waals surface area contributed by atoms with E-state index >= 15 is 0 Å². The van der Waals surface area contributed by atoms with E-state index in [4.69, 9.17) is 11.3 Å². The Hall–Kier alpha value is -3.78. The molecule has 1 aliphatic rings. The van der Waals surface area contributed by atoms with Gasteiger partial charge >= 0.3 is 0 Å². The third-order valence-corrected chi connectivity index (χ3v) is 5.71. The second kappa shape index (κ2) is 10.5. The Morgan fingerprint density at radius 3 is 2.41 bits per heavy atom. The number of carbonyl (C=O) groups excluding carboxylic acids is 1. The molecule has 0 saturated heterocycles. The molecule has 1 aliphatic carbocycles. The fraction of sp³-hybridized carbons (Fsp3) is 0.259. The molecule has 32 heavy (non-hydrogen) atoms. The average molecular weight is 426 g/mol. The monoisotopic (exact) mass is 425 g/mol. The summed E-state index contributed by atoms with van der Waals surface area (Å²) in [7, 11) is 0. The number of nitrogens with one attached hydrogen (secondary N) is 2. The van der Waals surface area contributed by atoms with Gasteiger partial charge in [0, 0.05) is 11.6 Å². The van der Waals surface area contributed by atoms with Crippen LogP contribution in [0.4, 0.5) is 17.1 Å². The predicted molar refractivity (Wildman–Crippen MR) is 128 cm³/mol. The normalized spacial score (nSPS) is 13.7. The van der Waals surface area contributed by atoms with Crippen LogP contribution in [-0.2, 0) is 6.61 Å². The topological polar surface area (TPSA) is 54.7 Å². The van der Waals surface area contributed by atoms with Gasteiger partial charge in [0.1, 0.15) is 12.4 Å². The van der Waals surface area contributed by atoms with Crippen LogP contribution in [0.15, 0.2) is 72.8 Å². The zero-order valence-electron chi connectivity index (χ0n) is 18.0. The van der Waals surface area contributed by atoms with Crippen molar-refractivity contribution in [3.05, 3.63) is 95.3 Å². The maximum atomic E-state index is 12.9. The van der Waals surface area contributed by atoms with E-state index in [0.29, 0.717) is 35.3 Å². The van der Waals surface area contributed by atoms with E-state index in [1.165, 1.54) is 19.3 Å². The Morgan fingerprint density at radius 1 is 0.938 bits per heavy atom. The largest absolute Gasteiger partial charge is 0.489 e. The molecular weight excluding hydrogens is 398 g/mol. The molecule has 3 aromatic carbocycles. The molecule has 0 spiro atoms. The van der Waals surface area contributed by atoms with Crippen molar-refractivity contribution in [2.45, 2.75) is 44.8 Å². The Kier molecular flexibility index (Phi) is 7.04. The van der Waals surface area contributed by atoms with Gasteiger partial charge in [-0.25, -0.2) is 4.85 Å². The molecule has 5 heteroatoms. The first-order valence-corrected chi connectivity index (χ1v) is 11.1. The second-order valence-electron chi connectivity index (χ2n) is 8.07. The van der Waals surface area contributed by atoms with Crippen molar-refractivity contribution in [1.29, 1.82) is 0 Å². The third-order valence-electron chi connectivity index (χ3n) is 5.71. The molecule has 0 unspecified atom stereocenters. The van der Waals surface area contributed by atoms with Crippen molar-refractivity contribution in [2.24, 2.45) is 0 Å². The van der Waals surface area contributed by atoms with Gasteiger partial charge in [-0.1, -0.05) is 55.7 Å². The van der Waals surface area contributed by atoms with Gasteiger partial charge in [0.2, 0.25) is 0 Å². The minimum Gasteiger partial charge on any atom is -0.489 e. The van der Waals surface area contributed by atoms with Crippen LogP contribution in [0.25, 0.3) is 4.85 Å². The minimum atomic E-state index is -0.214.